The number of guanidine groups is 1. The molecule has 0 spiro atoms. The average Bonchev–Trinajstić information content (AvgIpc) is 3.43. The van der Waals surface area contributed by atoms with Gasteiger partial charge in [-0.1, -0.05) is 17.3 Å². The highest BCUT2D eigenvalue weighted by atomic mass is 127. The van der Waals surface area contributed by atoms with E-state index in [4.69, 9.17) is 14.1 Å². The monoisotopic (exact) mass is 510 g/mol. The van der Waals surface area contributed by atoms with Crippen LogP contribution in [0.5, 0.6) is 5.75 Å². The number of aromatic nitrogens is 3. The molecule has 2 heterocycles. The van der Waals surface area contributed by atoms with E-state index in [1.54, 1.807) is 19.6 Å². The fourth-order valence-corrected chi connectivity index (χ4v) is 2.63. The number of nitrogens with zero attached hydrogens (tertiary/aromatic N) is 4. The second-order valence-electron chi connectivity index (χ2n) is 6.22. The van der Waals surface area contributed by atoms with Crippen molar-refractivity contribution >= 4 is 29.9 Å². The molecule has 2 N–H and O–H groups in total. The number of nitrogens with one attached hydrogen (secondary N) is 2. The summed E-state index contributed by atoms with van der Waals surface area (Å²) in [6.07, 6.45) is 6.96. The number of aryl methyl sites for hydroxylation is 1. The summed E-state index contributed by atoms with van der Waals surface area (Å²) in [5.74, 6) is 2.57. The molecule has 0 bridgehead atoms. The van der Waals surface area contributed by atoms with E-state index in [1.807, 2.05) is 47.3 Å². The maximum Gasteiger partial charge on any atom is 0.191 e. The van der Waals surface area contributed by atoms with Crippen LogP contribution in [0.25, 0.3) is 0 Å². The zero-order valence-electron chi connectivity index (χ0n) is 16.5. The molecule has 3 aromatic rings. The van der Waals surface area contributed by atoms with Gasteiger partial charge in [-0.05, 0) is 36.2 Å². The van der Waals surface area contributed by atoms with Crippen LogP contribution in [0.2, 0.25) is 0 Å². The van der Waals surface area contributed by atoms with Crippen LogP contribution < -0.4 is 15.4 Å². The first-order chi connectivity index (χ1) is 13.8. The highest BCUT2D eigenvalue weighted by Gasteiger charge is 2.02. The number of aliphatic imine (C=N–C) groups is 1. The predicted octanol–water partition coefficient (Wildman–Crippen LogP) is 2.87. The zero-order valence-corrected chi connectivity index (χ0v) is 18.8. The Bertz CT molecular complexity index is 819. The Kier molecular flexibility index (Phi) is 10.0. The van der Waals surface area contributed by atoms with Gasteiger partial charge in [0.15, 0.2) is 5.96 Å². The van der Waals surface area contributed by atoms with Crippen LogP contribution in [-0.2, 0) is 19.5 Å². The van der Waals surface area contributed by atoms with E-state index in [-0.39, 0.29) is 24.0 Å². The molecule has 0 unspecified atom stereocenters. The van der Waals surface area contributed by atoms with Crippen molar-refractivity contribution in [3.63, 3.8) is 0 Å². The summed E-state index contributed by atoms with van der Waals surface area (Å²) >= 11 is 0. The maximum absolute atomic E-state index is 5.38. The van der Waals surface area contributed by atoms with Crippen molar-refractivity contribution in [2.75, 3.05) is 20.2 Å². The molecule has 0 aliphatic rings. The topological polar surface area (TPSA) is 89.5 Å². The van der Waals surface area contributed by atoms with Crippen LogP contribution in [0, 0.1) is 0 Å². The molecule has 9 heteroatoms. The molecule has 8 nitrogen and oxygen atoms in total. The number of ether oxygens (including phenoxy) is 1. The summed E-state index contributed by atoms with van der Waals surface area (Å²) in [6.45, 7) is 2.93. The molecular formula is C20H27IN6O2. The van der Waals surface area contributed by atoms with Crippen molar-refractivity contribution in [1.29, 1.82) is 0 Å². The Hall–Kier alpha value is -2.56. The third-order valence-electron chi connectivity index (χ3n) is 4.15. The molecule has 156 valence electrons. The summed E-state index contributed by atoms with van der Waals surface area (Å²) in [4.78, 5) is 4.69. The Morgan fingerprint density at radius 1 is 1.17 bits per heavy atom. The first-order valence-electron chi connectivity index (χ1n) is 9.35. The third-order valence-corrected chi connectivity index (χ3v) is 4.15. The van der Waals surface area contributed by atoms with Crippen molar-refractivity contribution in [2.24, 2.45) is 4.99 Å². The molecule has 0 aliphatic heterocycles. The lowest BCUT2D eigenvalue weighted by Crippen LogP contribution is -2.39. The van der Waals surface area contributed by atoms with Crippen molar-refractivity contribution in [1.82, 2.24) is 25.6 Å². The Morgan fingerprint density at radius 3 is 2.69 bits per heavy atom. The Labute approximate surface area is 187 Å². The lowest BCUT2D eigenvalue weighted by atomic mass is 10.2. The molecule has 0 saturated heterocycles. The van der Waals surface area contributed by atoms with Gasteiger partial charge in [0.05, 0.1) is 26.1 Å². The molecule has 0 fully saturated rings. The number of furan rings is 1. The van der Waals surface area contributed by atoms with Gasteiger partial charge in [0.2, 0.25) is 0 Å². The van der Waals surface area contributed by atoms with E-state index in [9.17, 15) is 0 Å². The van der Waals surface area contributed by atoms with Crippen molar-refractivity contribution in [2.45, 2.75) is 25.9 Å². The van der Waals surface area contributed by atoms with Crippen molar-refractivity contribution < 1.29 is 9.15 Å². The Morgan fingerprint density at radius 2 is 2.00 bits per heavy atom. The first-order valence-corrected chi connectivity index (χ1v) is 9.35. The van der Waals surface area contributed by atoms with Gasteiger partial charge in [-0.2, -0.15) is 0 Å². The minimum absolute atomic E-state index is 0. The minimum Gasteiger partial charge on any atom is -0.497 e. The average molecular weight is 510 g/mol. The number of methoxy groups -OCH3 is 1. The largest absolute Gasteiger partial charge is 0.497 e. The molecule has 1 aromatic carbocycles. The van der Waals surface area contributed by atoms with Gasteiger partial charge < -0.3 is 19.8 Å². The summed E-state index contributed by atoms with van der Waals surface area (Å²) in [5.41, 5.74) is 1.12. The van der Waals surface area contributed by atoms with Gasteiger partial charge in [-0.15, -0.1) is 29.1 Å². The van der Waals surface area contributed by atoms with E-state index in [0.717, 1.165) is 55.5 Å². The van der Waals surface area contributed by atoms with Gasteiger partial charge in [0, 0.05) is 32.3 Å². The van der Waals surface area contributed by atoms with Crippen LogP contribution in [0.4, 0.5) is 0 Å². The third kappa shape index (κ3) is 8.14. The molecule has 29 heavy (non-hydrogen) atoms. The second kappa shape index (κ2) is 12.8. The van der Waals surface area contributed by atoms with Gasteiger partial charge in [-0.3, -0.25) is 4.68 Å². The number of rotatable bonds is 10. The van der Waals surface area contributed by atoms with Crippen LogP contribution in [0.15, 0.2) is 64.5 Å². The summed E-state index contributed by atoms with van der Waals surface area (Å²) in [6, 6.07) is 11.8. The quantitative estimate of drug-likeness (QED) is 0.189. The van der Waals surface area contributed by atoms with Gasteiger partial charge in [0.1, 0.15) is 11.5 Å². The fraction of sp³-hybridized carbons (Fsp3) is 0.350. The molecule has 0 radical (unpaired) electrons. The highest BCUT2D eigenvalue weighted by molar-refractivity contribution is 14.0. The van der Waals surface area contributed by atoms with Crippen LogP contribution in [-0.4, -0.2) is 41.2 Å². The molecule has 0 aliphatic carbocycles. The Balaban J connectivity index is 0.00000300. The summed E-state index contributed by atoms with van der Waals surface area (Å²) in [7, 11) is 1.66. The first kappa shape index (κ1) is 22.7. The normalized spacial score (nSPS) is 11.0. The minimum atomic E-state index is 0. The molecule has 2 aromatic heterocycles. The fourth-order valence-electron chi connectivity index (χ4n) is 2.63. The van der Waals surface area contributed by atoms with Gasteiger partial charge in [-0.25, -0.2) is 4.99 Å². The number of hydrogen-bond donors (Lipinski definition) is 2. The molecule has 0 saturated carbocycles. The molecule has 0 amide bonds. The van der Waals surface area contributed by atoms with E-state index in [0.29, 0.717) is 6.54 Å². The van der Waals surface area contributed by atoms with E-state index in [1.165, 1.54) is 0 Å². The predicted molar refractivity (Wildman–Crippen MR) is 123 cm³/mol. The lowest BCUT2D eigenvalue weighted by Gasteiger charge is -2.12. The van der Waals surface area contributed by atoms with Crippen molar-refractivity contribution in [3.8, 4) is 5.75 Å². The molecule has 3 rings (SSSR count). The van der Waals surface area contributed by atoms with Crippen LogP contribution >= 0.6 is 24.0 Å². The lowest BCUT2D eigenvalue weighted by molar-refractivity contribution is 0.414. The zero-order chi connectivity index (χ0) is 19.4. The number of halogens is 1. The van der Waals surface area contributed by atoms with Crippen LogP contribution in [0.3, 0.4) is 0 Å². The second-order valence-corrected chi connectivity index (χ2v) is 6.22. The van der Waals surface area contributed by atoms with E-state index >= 15 is 0 Å². The molecular weight excluding hydrogens is 483 g/mol. The molecule has 0 atom stereocenters. The highest BCUT2D eigenvalue weighted by Crippen LogP contribution is 2.11. The number of hydrogen-bond acceptors (Lipinski definition) is 5. The number of benzene rings is 1. The summed E-state index contributed by atoms with van der Waals surface area (Å²) < 4.78 is 12.4. The standard InChI is InChI=1S/C20H26N6O2.HI/c1-27-18-7-5-17(6-8-18)16-23-20(22-11-9-19-4-2-15-28-19)21-10-3-13-26-14-12-24-25-26;/h2,4-8,12,14-15H,3,9-11,13,16H2,1H3,(H2,21,22,23);1H. The SMILES string of the molecule is COc1ccc(CN=C(NCCCn2ccnn2)NCCc2ccco2)cc1.I. The summed E-state index contributed by atoms with van der Waals surface area (Å²) in [5, 5.41) is 14.5. The maximum atomic E-state index is 5.38. The van der Waals surface area contributed by atoms with E-state index < -0.39 is 0 Å². The van der Waals surface area contributed by atoms with E-state index in [2.05, 4.69) is 20.9 Å². The van der Waals surface area contributed by atoms with Crippen LogP contribution in [0.1, 0.15) is 17.7 Å². The van der Waals surface area contributed by atoms with Gasteiger partial charge >= 0.3 is 0 Å². The smallest absolute Gasteiger partial charge is 0.191 e. The van der Waals surface area contributed by atoms with Gasteiger partial charge in [0.25, 0.3) is 0 Å². The van der Waals surface area contributed by atoms with Crippen molar-refractivity contribution in [3.05, 3.63) is 66.4 Å².